The van der Waals surface area contributed by atoms with E-state index in [0.717, 1.165) is 11.0 Å². The molecule has 0 aliphatic carbocycles. The maximum atomic E-state index is 12.4. The number of amides is 1. The van der Waals surface area contributed by atoms with Crippen LogP contribution in [0.3, 0.4) is 0 Å². The number of rotatable bonds is 5. The van der Waals surface area contributed by atoms with E-state index >= 15 is 0 Å². The van der Waals surface area contributed by atoms with Crippen LogP contribution in [0.1, 0.15) is 16.2 Å². The SMILES string of the molecule is O=C(NCc1nc2ccccc2[nH]1)c1ccc(-n2ccnc2)c([N+](=O)[O-])c1. The Morgan fingerprint density at radius 3 is 2.85 bits per heavy atom. The lowest BCUT2D eigenvalue weighted by atomic mass is 10.1. The third-order valence-electron chi connectivity index (χ3n) is 4.07. The summed E-state index contributed by atoms with van der Waals surface area (Å²) in [5.74, 6) is 0.185. The molecule has 1 amide bonds. The number of benzene rings is 2. The van der Waals surface area contributed by atoms with Crippen LogP contribution >= 0.6 is 0 Å². The average Bonchev–Trinajstić information content (AvgIpc) is 3.34. The highest BCUT2D eigenvalue weighted by molar-refractivity contribution is 5.95. The third kappa shape index (κ3) is 3.25. The van der Waals surface area contributed by atoms with Gasteiger partial charge in [0.05, 0.1) is 28.8 Å². The molecule has 0 fully saturated rings. The first-order valence-corrected chi connectivity index (χ1v) is 8.10. The quantitative estimate of drug-likeness (QED) is 0.418. The van der Waals surface area contributed by atoms with Gasteiger partial charge < -0.3 is 14.9 Å². The number of aromatic nitrogens is 4. The molecule has 134 valence electrons. The van der Waals surface area contributed by atoms with Gasteiger partial charge in [-0.15, -0.1) is 0 Å². The molecule has 2 aromatic heterocycles. The van der Waals surface area contributed by atoms with Crippen LogP contribution in [-0.2, 0) is 6.54 Å². The number of nitrogens with zero attached hydrogens (tertiary/aromatic N) is 4. The van der Waals surface area contributed by atoms with E-state index in [1.807, 2.05) is 24.3 Å². The van der Waals surface area contributed by atoms with Crippen molar-refractivity contribution in [3.05, 3.63) is 82.7 Å². The third-order valence-corrected chi connectivity index (χ3v) is 4.07. The number of carbonyl (C=O) groups excluding carboxylic acids is 1. The number of imidazole rings is 2. The van der Waals surface area contributed by atoms with Crippen LogP contribution < -0.4 is 5.32 Å². The lowest BCUT2D eigenvalue weighted by molar-refractivity contribution is -0.384. The first-order valence-electron chi connectivity index (χ1n) is 8.10. The number of hydrogen-bond donors (Lipinski definition) is 2. The van der Waals surface area contributed by atoms with Gasteiger partial charge in [-0.2, -0.15) is 0 Å². The number of fused-ring (bicyclic) bond motifs is 1. The lowest BCUT2D eigenvalue weighted by Crippen LogP contribution is -2.23. The van der Waals surface area contributed by atoms with Crippen molar-refractivity contribution in [3.63, 3.8) is 0 Å². The minimum Gasteiger partial charge on any atom is -0.345 e. The summed E-state index contributed by atoms with van der Waals surface area (Å²) in [6, 6.07) is 11.9. The summed E-state index contributed by atoms with van der Waals surface area (Å²) >= 11 is 0. The molecule has 0 spiro atoms. The lowest BCUT2D eigenvalue weighted by Gasteiger charge is -2.07. The fraction of sp³-hybridized carbons (Fsp3) is 0.0556. The maximum Gasteiger partial charge on any atom is 0.294 e. The van der Waals surface area contributed by atoms with Gasteiger partial charge >= 0.3 is 0 Å². The number of hydrogen-bond acceptors (Lipinski definition) is 5. The molecule has 0 aliphatic heterocycles. The Hall–Kier alpha value is -4.01. The molecule has 0 aliphatic rings. The van der Waals surface area contributed by atoms with Gasteiger partial charge in [0.25, 0.3) is 11.6 Å². The first-order chi connectivity index (χ1) is 13.1. The maximum absolute atomic E-state index is 12.4. The fourth-order valence-corrected chi connectivity index (χ4v) is 2.79. The zero-order chi connectivity index (χ0) is 18.8. The van der Waals surface area contributed by atoms with Crippen molar-refractivity contribution in [2.75, 3.05) is 0 Å². The van der Waals surface area contributed by atoms with Gasteiger partial charge in [-0.05, 0) is 24.3 Å². The van der Waals surface area contributed by atoms with Crippen molar-refractivity contribution in [3.8, 4) is 5.69 Å². The predicted octanol–water partition coefficient (Wildman–Crippen LogP) is 2.59. The van der Waals surface area contributed by atoms with E-state index in [-0.39, 0.29) is 17.8 Å². The zero-order valence-electron chi connectivity index (χ0n) is 14.0. The molecule has 9 nitrogen and oxygen atoms in total. The fourth-order valence-electron chi connectivity index (χ4n) is 2.79. The number of para-hydroxylation sites is 2. The summed E-state index contributed by atoms with van der Waals surface area (Å²) in [4.78, 5) is 34.7. The molecule has 0 saturated heterocycles. The van der Waals surface area contributed by atoms with E-state index < -0.39 is 10.8 Å². The Balaban J connectivity index is 1.54. The number of nitrogens with one attached hydrogen (secondary N) is 2. The first kappa shape index (κ1) is 16.5. The van der Waals surface area contributed by atoms with Crippen molar-refractivity contribution in [2.24, 2.45) is 0 Å². The Kier molecular flexibility index (Phi) is 4.09. The van der Waals surface area contributed by atoms with Gasteiger partial charge in [0, 0.05) is 24.0 Å². The zero-order valence-corrected chi connectivity index (χ0v) is 14.0. The van der Waals surface area contributed by atoms with Gasteiger partial charge in [-0.25, -0.2) is 9.97 Å². The van der Waals surface area contributed by atoms with Crippen LogP contribution in [0.15, 0.2) is 61.2 Å². The van der Waals surface area contributed by atoms with E-state index in [9.17, 15) is 14.9 Å². The second kappa shape index (κ2) is 6.71. The van der Waals surface area contributed by atoms with Gasteiger partial charge in [0.2, 0.25) is 0 Å². The molecule has 0 atom stereocenters. The van der Waals surface area contributed by atoms with E-state index in [1.165, 1.54) is 35.3 Å². The van der Waals surface area contributed by atoms with Gasteiger partial charge in [0.1, 0.15) is 11.5 Å². The van der Waals surface area contributed by atoms with Crippen molar-refractivity contribution in [1.82, 2.24) is 24.8 Å². The molecule has 4 rings (SSSR count). The molecule has 27 heavy (non-hydrogen) atoms. The van der Waals surface area contributed by atoms with E-state index in [4.69, 9.17) is 0 Å². The van der Waals surface area contributed by atoms with E-state index in [0.29, 0.717) is 11.5 Å². The molecule has 0 unspecified atom stereocenters. The summed E-state index contributed by atoms with van der Waals surface area (Å²) in [6.07, 6.45) is 4.59. The number of aromatic amines is 1. The Labute approximate surface area is 152 Å². The van der Waals surface area contributed by atoms with Crippen molar-refractivity contribution < 1.29 is 9.72 Å². The molecule has 2 heterocycles. The summed E-state index contributed by atoms with van der Waals surface area (Å²) in [5.41, 5.74) is 2.04. The molecular formula is C18H14N6O3. The highest BCUT2D eigenvalue weighted by Gasteiger charge is 2.19. The molecular weight excluding hydrogens is 348 g/mol. The normalized spacial score (nSPS) is 10.8. The van der Waals surface area contributed by atoms with Crippen LogP contribution in [0.2, 0.25) is 0 Å². The number of nitro groups is 1. The van der Waals surface area contributed by atoms with E-state index in [1.54, 1.807) is 6.20 Å². The van der Waals surface area contributed by atoms with Crippen molar-refractivity contribution in [1.29, 1.82) is 0 Å². The van der Waals surface area contributed by atoms with Crippen molar-refractivity contribution >= 4 is 22.6 Å². The number of H-pyrrole nitrogens is 1. The summed E-state index contributed by atoms with van der Waals surface area (Å²) in [7, 11) is 0. The number of carbonyl (C=O) groups is 1. The molecule has 4 aromatic rings. The van der Waals surface area contributed by atoms with Crippen LogP contribution in [-0.4, -0.2) is 30.3 Å². The van der Waals surface area contributed by atoms with E-state index in [2.05, 4.69) is 20.3 Å². The Bertz CT molecular complexity index is 1100. The van der Waals surface area contributed by atoms with Crippen LogP contribution in [0.4, 0.5) is 5.69 Å². The monoisotopic (exact) mass is 362 g/mol. The molecule has 9 heteroatoms. The number of nitro benzene ring substituents is 1. The van der Waals surface area contributed by atoms with Crippen LogP contribution in [0.5, 0.6) is 0 Å². The second-order valence-corrected chi connectivity index (χ2v) is 5.81. The second-order valence-electron chi connectivity index (χ2n) is 5.81. The summed E-state index contributed by atoms with van der Waals surface area (Å²) < 4.78 is 1.52. The molecule has 2 aromatic carbocycles. The standard InChI is InChI=1S/C18H14N6O3/c25-18(20-10-17-21-13-3-1-2-4-14(13)22-17)12-5-6-15(16(9-12)24(26)27)23-8-7-19-11-23/h1-9,11H,10H2,(H,20,25)(H,21,22). The average molecular weight is 362 g/mol. The Morgan fingerprint density at radius 2 is 2.11 bits per heavy atom. The minimum absolute atomic E-state index is 0.176. The molecule has 0 bridgehead atoms. The van der Waals surface area contributed by atoms with Gasteiger partial charge in [-0.3, -0.25) is 14.9 Å². The smallest absolute Gasteiger partial charge is 0.294 e. The van der Waals surface area contributed by atoms with Crippen molar-refractivity contribution in [2.45, 2.75) is 6.54 Å². The largest absolute Gasteiger partial charge is 0.345 e. The molecule has 0 radical (unpaired) electrons. The Morgan fingerprint density at radius 1 is 1.26 bits per heavy atom. The molecule has 2 N–H and O–H groups in total. The highest BCUT2D eigenvalue weighted by atomic mass is 16.6. The van der Waals surface area contributed by atoms with Gasteiger partial charge in [-0.1, -0.05) is 12.1 Å². The van der Waals surface area contributed by atoms with Crippen LogP contribution in [0.25, 0.3) is 16.7 Å². The van der Waals surface area contributed by atoms with Crippen LogP contribution in [0, 0.1) is 10.1 Å². The molecule has 0 saturated carbocycles. The minimum atomic E-state index is -0.522. The predicted molar refractivity (Wildman–Crippen MR) is 97.5 cm³/mol. The highest BCUT2D eigenvalue weighted by Crippen LogP contribution is 2.24. The topological polar surface area (TPSA) is 119 Å². The summed E-state index contributed by atoms with van der Waals surface area (Å²) in [6.45, 7) is 0.185. The van der Waals surface area contributed by atoms with Gasteiger partial charge in [0.15, 0.2) is 0 Å². The summed E-state index contributed by atoms with van der Waals surface area (Å²) in [5, 5.41) is 14.1.